The van der Waals surface area contributed by atoms with E-state index >= 15 is 0 Å². The van der Waals surface area contributed by atoms with Crippen LogP contribution in [0.4, 0.5) is 5.82 Å². The van der Waals surface area contributed by atoms with Gasteiger partial charge in [-0.2, -0.15) is 0 Å². The summed E-state index contributed by atoms with van der Waals surface area (Å²) in [7, 11) is -3.29. The minimum atomic E-state index is -3.29. The Hall–Kier alpha value is -1.99. The molecule has 1 aromatic heterocycles. The molecule has 0 bridgehead atoms. The summed E-state index contributed by atoms with van der Waals surface area (Å²) in [5, 5.41) is 3.21. The third-order valence-electron chi connectivity index (χ3n) is 3.07. The van der Waals surface area contributed by atoms with E-state index < -0.39 is 10.0 Å². The smallest absolute Gasteiger partial charge is 0.216 e. The van der Waals surface area contributed by atoms with Crippen LogP contribution in [0.15, 0.2) is 36.7 Å². The molecule has 6 nitrogen and oxygen atoms in total. The molecule has 0 unspecified atom stereocenters. The Morgan fingerprint density at radius 2 is 1.74 bits per heavy atom. The largest absolute Gasteiger partial charge is 0.366 e. The molecule has 23 heavy (non-hydrogen) atoms. The van der Waals surface area contributed by atoms with E-state index in [1.165, 1.54) is 6.33 Å². The molecule has 2 rings (SSSR count). The average Bonchev–Trinajstić information content (AvgIpc) is 2.45. The maximum absolute atomic E-state index is 11.9. The van der Waals surface area contributed by atoms with Crippen molar-refractivity contribution in [1.29, 1.82) is 0 Å². The van der Waals surface area contributed by atoms with Crippen molar-refractivity contribution < 1.29 is 8.42 Å². The molecule has 0 saturated heterocycles. The molecule has 2 N–H and O–H groups in total. The molecule has 0 fully saturated rings. The predicted octanol–water partition coefficient (Wildman–Crippen LogP) is 2.22. The number of hydrogen-bond donors (Lipinski definition) is 2. The van der Waals surface area contributed by atoms with E-state index in [9.17, 15) is 8.42 Å². The summed E-state index contributed by atoms with van der Waals surface area (Å²) in [6, 6.07) is 9.28. The summed E-state index contributed by atoms with van der Waals surface area (Å²) in [6.07, 6.45) is 1.52. The number of anilines is 1. The van der Waals surface area contributed by atoms with E-state index in [1.54, 1.807) is 13.8 Å². The van der Waals surface area contributed by atoms with Crippen LogP contribution in [-0.4, -0.2) is 24.4 Å². The fourth-order valence-electron chi connectivity index (χ4n) is 2.12. The number of sulfonamides is 1. The van der Waals surface area contributed by atoms with Gasteiger partial charge in [-0.3, -0.25) is 0 Å². The molecule has 0 aliphatic rings. The second kappa shape index (κ2) is 7.52. The first-order valence-electron chi connectivity index (χ1n) is 7.44. The zero-order valence-electron chi connectivity index (χ0n) is 13.6. The molecule has 2 aromatic rings. The molecule has 1 heterocycles. The van der Waals surface area contributed by atoms with Crippen LogP contribution >= 0.6 is 0 Å². The van der Waals surface area contributed by atoms with E-state index in [0.717, 1.165) is 22.6 Å². The standard InChI is InChI=1S/C16H22N4O2S/c1-12(2)20-23(21,22)10-15-6-4-14(5-7-15)9-17-16-8-13(3)18-11-19-16/h4-8,11-12,20H,9-10H2,1-3H3,(H,17,18,19). The van der Waals surface area contributed by atoms with Gasteiger partial charge in [-0.15, -0.1) is 0 Å². The molecule has 0 aliphatic carbocycles. The lowest BCUT2D eigenvalue weighted by Crippen LogP contribution is -2.31. The van der Waals surface area contributed by atoms with Crippen molar-refractivity contribution in [1.82, 2.24) is 14.7 Å². The highest BCUT2D eigenvalue weighted by molar-refractivity contribution is 7.88. The zero-order chi connectivity index (χ0) is 16.9. The van der Waals surface area contributed by atoms with Crippen LogP contribution in [-0.2, 0) is 22.3 Å². The second-order valence-electron chi connectivity index (χ2n) is 5.75. The normalized spacial score (nSPS) is 11.7. The van der Waals surface area contributed by atoms with Gasteiger partial charge in [0.25, 0.3) is 0 Å². The number of aryl methyl sites for hydroxylation is 1. The van der Waals surface area contributed by atoms with Crippen molar-refractivity contribution in [3.63, 3.8) is 0 Å². The molecular formula is C16H22N4O2S. The van der Waals surface area contributed by atoms with E-state index in [0.29, 0.717) is 6.54 Å². The lowest BCUT2D eigenvalue weighted by Gasteiger charge is -2.10. The van der Waals surface area contributed by atoms with Gasteiger partial charge in [0.05, 0.1) is 5.75 Å². The third kappa shape index (κ3) is 5.96. The minimum absolute atomic E-state index is 0.00993. The fraction of sp³-hybridized carbons (Fsp3) is 0.375. The Bertz CT molecular complexity index is 743. The van der Waals surface area contributed by atoms with E-state index in [4.69, 9.17) is 0 Å². The molecule has 124 valence electrons. The maximum Gasteiger partial charge on any atom is 0.216 e. The number of hydrogen-bond acceptors (Lipinski definition) is 5. The van der Waals surface area contributed by atoms with Gasteiger partial charge < -0.3 is 5.32 Å². The minimum Gasteiger partial charge on any atom is -0.366 e. The lowest BCUT2D eigenvalue weighted by molar-refractivity contribution is 0.569. The van der Waals surface area contributed by atoms with E-state index in [2.05, 4.69) is 20.0 Å². The van der Waals surface area contributed by atoms with Crippen LogP contribution in [0, 0.1) is 6.92 Å². The highest BCUT2D eigenvalue weighted by Crippen LogP contribution is 2.10. The Morgan fingerprint density at radius 3 is 2.35 bits per heavy atom. The SMILES string of the molecule is Cc1cc(NCc2ccc(CS(=O)(=O)NC(C)C)cc2)ncn1. The number of nitrogens with zero attached hydrogens (tertiary/aromatic N) is 2. The molecule has 0 radical (unpaired) electrons. The van der Waals surface area contributed by atoms with Gasteiger partial charge in [0.2, 0.25) is 10.0 Å². The average molecular weight is 334 g/mol. The van der Waals surface area contributed by atoms with Gasteiger partial charge in [0.15, 0.2) is 0 Å². The van der Waals surface area contributed by atoms with Gasteiger partial charge in [0, 0.05) is 24.3 Å². The first kappa shape index (κ1) is 17.4. The topological polar surface area (TPSA) is 84.0 Å². The van der Waals surface area contributed by atoms with E-state index in [-0.39, 0.29) is 11.8 Å². The van der Waals surface area contributed by atoms with Gasteiger partial charge in [-0.1, -0.05) is 24.3 Å². The molecule has 0 spiro atoms. The van der Waals surface area contributed by atoms with Gasteiger partial charge >= 0.3 is 0 Å². The van der Waals surface area contributed by atoms with Gasteiger partial charge in [-0.05, 0) is 31.9 Å². The monoisotopic (exact) mass is 334 g/mol. The number of aromatic nitrogens is 2. The summed E-state index contributed by atoms with van der Waals surface area (Å²) in [5.41, 5.74) is 2.72. The summed E-state index contributed by atoms with van der Waals surface area (Å²) >= 11 is 0. The van der Waals surface area contributed by atoms with Gasteiger partial charge in [-0.25, -0.2) is 23.1 Å². The molecular weight excluding hydrogens is 312 g/mol. The molecule has 0 atom stereocenters. The summed E-state index contributed by atoms with van der Waals surface area (Å²) in [6.45, 7) is 6.14. The van der Waals surface area contributed by atoms with Crippen LogP contribution in [0.1, 0.15) is 30.7 Å². The number of benzene rings is 1. The van der Waals surface area contributed by atoms with Crippen molar-refractivity contribution in [2.45, 2.75) is 39.1 Å². The summed E-state index contributed by atoms with van der Waals surface area (Å²) in [5.74, 6) is 0.759. The molecule has 0 saturated carbocycles. The van der Waals surface area contributed by atoms with Crippen LogP contribution in [0.5, 0.6) is 0 Å². The summed E-state index contributed by atoms with van der Waals surface area (Å²) in [4.78, 5) is 8.19. The lowest BCUT2D eigenvalue weighted by atomic mass is 10.1. The second-order valence-corrected chi connectivity index (χ2v) is 7.50. The van der Waals surface area contributed by atoms with Crippen molar-refractivity contribution in [3.8, 4) is 0 Å². The first-order chi connectivity index (χ1) is 10.8. The molecule has 7 heteroatoms. The Labute approximate surface area is 137 Å². The summed E-state index contributed by atoms with van der Waals surface area (Å²) < 4.78 is 26.4. The van der Waals surface area contributed by atoms with E-state index in [1.807, 2.05) is 37.3 Å². The number of rotatable bonds is 7. The first-order valence-corrected chi connectivity index (χ1v) is 9.09. The highest BCUT2D eigenvalue weighted by Gasteiger charge is 2.12. The Balaban J connectivity index is 1.94. The van der Waals surface area contributed by atoms with Crippen LogP contribution in [0.3, 0.4) is 0 Å². The quantitative estimate of drug-likeness (QED) is 0.811. The predicted molar refractivity (Wildman–Crippen MR) is 91.4 cm³/mol. The van der Waals surface area contributed by atoms with Crippen molar-refractivity contribution in [3.05, 3.63) is 53.5 Å². The number of nitrogens with one attached hydrogen (secondary N) is 2. The third-order valence-corrected chi connectivity index (χ3v) is 4.62. The van der Waals surface area contributed by atoms with Crippen LogP contribution in [0.25, 0.3) is 0 Å². The zero-order valence-corrected chi connectivity index (χ0v) is 14.4. The van der Waals surface area contributed by atoms with Crippen molar-refractivity contribution in [2.24, 2.45) is 0 Å². The van der Waals surface area contributed by atoms with Crippen LogP contribution < -0.4 is 10.0 Å². The van der Waals surface area contributed by atoms with Gasteiger partial charge in [0.1, 0.15) is 12.1 Å². The molecule has 1 aromatic carbocycles. The van der Waals surface area contributed by atoms with Crippen molar-refractivity contribution in [2.75, 3.05) is 5.32 Å². The maximum atomic E-state index is 11.9. The molecule has 0 amide bonds. The Kier molecular flexibility index (Phi) is 5.68. The fourth-order valence-corrected chi connectivity index (χ4v) is 3.55. The van der Waals surface area contributed by atoms with Crippen LogP contribution in [0.2, 0.25) is 0 Å². The van der Waals surface area contributed by atoms with Crippen molar-refractivity contribution >= 4 is 15.8 Å². The molecule has 0 aliphatic heterocycles. The Morgan fingerprint density at radius 1 is 1.09 bits per heavy atom. The highest BCUT2D eigenvalue weighted by atomic mass is 32.2.